The number of hydrogen-bond donors (Lipinski definition) is 1. The highest BCUT2D eigenvalue weighted by molar-refractivity contribution is 7.55. The van der Waals surface area contributed by atoms with Crippen molar-refractivity contribution >= 4 is 13.6 Å². The second-order valence-corrected chi connectivity index (χ2v) is 6.30. The van der Waals surface area contributed by atoms with E-state index in [4.69, 9.17) is 9.05 Å². The van der Waals surface area contributed by atoms with Crippen molar-refractivity contribution in [2.24, 2.45) is 0 Å². The largest absolute Gasteiger partial charge is 0.481 e. The van der Waals surface area contributed by atoms with E-state index in [1.165, 1.54) is 0 Å². The molecule has 0 aliphatic heterocycles. The van der Waals surface area contributed by atoms with Crippen LogP contribution in [0.5, 0.6) is 0 Å². The molecule has 0 amide bonds. The van der Waals surface area contributed by atoms with E-state index in [0.29, 0.717) is 6.42 Å². The summed E-state index contributed by atoms with van der Waals surface area (Å²) in [6, 6.07) is 0. The van der Waals surface area contributed by atoms with Gasteiger partial charge in [-0.25, -0.2) is 0 Å². The Kier molecular flexibility index (Phi) is 9.34. The lowest BCUT2D eigenvalue weighted by molar-refractivity contribution is -0.137. The molecule has 1 N–H and O–H groups in total. The number of hydrogen-bond acceptors (Lipinski definition) is 4. The molecular formula is C12H25O5P. The first-order chi connectivity index (χ1) is 8.51. The zero-order valence-electron chi connectivity index (χ0n) is 11.6. The predicted octanol–water partition coefficient (Wildman–Crippen LogP) is 3.68. The summed E-state index contributed by atoms with van der Waals surface area (Å²) >= 11 is 0. The first-order valence-electron chi connectivity index (χ1n) is 6.63. The van der Waals surface area contributed by atoms with Gasteiger partial charge in [0.05, 0.1) is 13.2 Å². The maximum absolute atomic E-state index is 12.4. The maximum atomic E-state index is 12.4. The van der Waals surface area contributed by atoms with Crippen LogP contribution in [0.3, 0.4) is 0 Å². The first kappa shape index (κ1) is 17.6. The zero-order chi connectivity index (χ0) is 14.0. The van der Waals surface area contributed by atoms with Crippen LogP contribution < -0.4 is 0 Å². The van der Waals surface area contributed by atoms with Crippen molar-refractivity contribution < 1.29 is 23.5 Å². The monoisotopic (exact) mass is 280 g/mol. The SMILES string of the molecule is CCCCCCC(C(=O)O)P(=O)(OCC)OCC. The van der Waals surface area contributed by atoms with Crippen molar-refractivity contribution in [1.82, 2.24) is 0 Å². The second kappa shape index (κ2) is 9.54. The summed E-state index contributed by atoms with van der Waals surface area (Å²) in [7, 11) is -3.53. The summed E-state index contributed by atoms with van der Waals surface area (Å²) in [6.07, 6.45) is 4.15. The Bertz CT molecular complexity index is 270. The van der Waals surface area contributed by atoms with Crippen LogP contribution in [-0.2, 0) is 18.4 Å². The highest BCUT2D eigenvalue weighted by Gasteiger charge is 2.40. The Hall–Kier alpha value is -0.380. The highest BCUT2D eigenvalue weighted by atomic mass is 31.2. The van der Waals surface area contributed by atoms with Gasteiger partial charge in [0.2, 0.25) is 0 Å². The van der Waals surface area contributed by atoms with Gasteiger partial charge < -0.3 is 14.2 Å². The standard InChI is InChI=1S/C12H25O5P/c1-4-7-8-9-10-11(12(13)14)18(15,16-5-2)17-6-3/h11H,4-10H2,1-3H3,(H,13,14). The van der Waals surface area contributed by atoms with Gasteiger partial charge in [-0.05, 0) is 20.3 Å². The van der Waals surface area contributed by atoms with E-state index in [0.717, 1.165) is 25.7 Å². The van der Waals surface area contributed by atoms with Crippen LogP contribution in [0.1, 0.15) is 52.9 Å². The molecule has 6 heteroatoms. The van der Waals surface area contributed by atoms with Gasteiger partial charge in [-0.1, -0.05) is 32.6 Å². The van der Waals surface area contributed by atoms with Gasteiger partial charge in [0.25, 0.3) is 0 Å². The third kappa shape index (κ3) is 5.98. The Balaban J connectivity index is 4.61. The van der Waals surface area contributed by atoms with Crippen LogP contribution >= 0.6 is 7.60 Å². The Morgan fingerprint density at radius 1 is 1.11 bits per heavy atom. The molecule has 0 saturated heterocycles. The third-order valence-corrected chi connectivity index (χ3v) is 5.09. The lowest BCUT2D eigenvalue weighted by atomic mass is 10.1. The predicted molar refractivity (Wildman–Crippen MR) is 71.0 cm³/mol. The Morgan fingerprint density at radius 2 is 1.67 bits per heavy atom. The van der Waals surface area contributed by atoms with Gasteiger partial charge in [-0.3, -0.25) is 9.36 Å². The third-order valence-electron chi connectivity index (χ3n) is 2.62. The topological polar surface area (TPSA) is 72.8 Å². The van der Waals surface area contributed by atoms with Crippen LogP contribution in [0, 0.1) is 0 Å². The number of carboxylic acid groups (broad SMARTS) is 1. The smallest absolute Gasteiger partial charge is 0.344 e. The van der Waals surface area contributed by atoms with Crippen LogP contribution in [0.4, 0.5) is 0 Å². The minimum absolute atomic E-state index is 0.190. The molecular weight excluding hydrogens is 255 g/mol. The minimum Gasteiger partial charge on any atom is -0.481 e. The van der Waals surface area contributed by atoms with Crippen LogP contribution in [-0.4, -0.2) is 29.9 Å². The average molecular weight is 280 g/mol. The van der Waals surface area contributed by atoms with E-state index in [-0.39, 0.29) is 13.2 Å². The molecule has 0 spiro atoms. The molecule has 0 bridgehead atoms. The fourth-order valence-corrected chi connectivity index (χ4v) is 3.68. The molecule has 18 heavy (non-hydrogen) atoms. The van der Waals surface area contributed by atoms with Crippen molar-refractivity contribution in [1.29, 1.82) is 0 Å². The molecule has 0 aromatic heterocycles. The molecule has 108 valence electrons. The van der Waals surface area contributed by atoms with E-state index in [2.05, 4.69) is 6.92 Å². The normalized spacial score (nSPS) is 13.5. The molecule has 0 fully saturated rings. The summed E-state index contributed by atoms with van der Waals surface area (Å²) in [6.45, 7) is 5.83. The van der Waals surface area contributed by atoms with E-state index < -0.39 is 19.2 Å². The van der Waals surface area contributed by atoms with E-state index in [9.17, 15) is 14.5 Å². The Morgan fingerprint density at radius 3 is 2.06 bits per heavy atom. The van der Waals surface area contributed by atoms with Crippen LogP contribution in [0.2, 0.25) is 0 Å². The zero-order valence-corrected chi connectivity index (χ0v) is 12.4. The fourth-order valence-electron chi connectivity index (χ4n) is 1.76. The number of carboxylic acids is 1. The van der Waals surface area contributed by atoms with Gasteiger partial charge in [0.15, 0.2) is 5.66 Å². The molecule has 5 nitrogen and oxygen atoms in total. The summed E-state index contributed by atoms with van der Waals surface area (Å²) < 4.78 is 22.6. The molecule has 0 aromatic carbocycles. The van der Waals surface area contributed by atoms with E-state index in [1.54, 1.807) is 13.8 Å². The van der Waals surface area contributed by atoms with Gasteiger partial charge in [0.1, 0.15) is 0 Å². The molecule has 0 aromatic rings. The second-order valence-electron chi connectivity index (χ2n) is 4.08. The number of rotatable bonds is 11. The van der Waals surface area contributed by atoms with E-state index >= 15 is 0 Å². The lowest BCUT2D eigenvalue weighted by Crippen LogP contribution is -2.23. The van der Waals surface area contributed by atoms with Crippen molar-refractivity contribution in [2.75, 3.05) is 13.2 Å². The molecule has 0 heterocycles. The molecule has 1 unspecified atom stereocenters. The van der Waals surface area contributed by atoms with Crippen molar-refractivity contribution in [3.8, 4) is 0 Å². The molecule has 0 aliphatic rings. The van der Waals surface area contributed by atoms with Crippen LogP contribution in [0.15, 0.2) is 0 Å². The number of aliphatic carboxylic acids is 1. The van der Waals surface area contributed by atoms with Crippen molar-refractivity contribution in [3.05, 3.63) is 0 Å². The fraction of sp³-hybridized carbons (Fsp3) is 0.917. The summed E-state index contributed by atoms with van der Waals surface area (Å²) in [5.74, 6) is -1.10. The summed E-state index contributed by atoms with van der Waals surface area (Å²) in [4.78, 5) is 11.2. The first-order valence-corrected chi connectivity index (χ1v) is 8.24. The molecule has 0 radical (unpaired) electrons. The summed E-state index contributed by atoms with van der Waals surface area (Å²) in [5, 5.41) is 9.19. The number of unbranched alkanes of at least 4 members (excludes halogenated alkanes) is 3. The van der Waals surface area contributed by atoms with Crippen molar-refractivity contribution in [3.63, 3.8) is 0 Å². The molecule has 0 rings (SSSR count). The molecule has 1 atom stereocenters. The van der Waals surface area contributed by atoms with Crippen molar-refractivity contribution in [2.45, 2.75) is 58.5 Å². The Labute approximate surface area is 109 Å². The van der Waals surface area contributed by atoms with Gasteiger partial charge in [0, 0.05) is 0 Å². The van der Waals surface area contributed by atoms with Crippen LogP contribution in [0.25, 0.3) is 0 Å². The van der Waals surface area contributed by atoms with Gasteiger partial charge in [-0.2, -0.15) is 0 Å². The molecule has 0 saturated carbocycles. The average Bonchev–Trinajstić information content (AvgIpc) is 2.28. The van der Waals surface area contributed by atoms with E-state index in [1.807, 2.05) is 0 Å². The number of carbonyl (C=O) groups is 1. The van der Waals surface area contributed by atoms with Gasteiger partial charge in [-0.15, -0.1) is 0 Å². The lowest BCUT2D eigenvalue weighted by Gasteiger charge is -2.23. The highest BCUT2D eigenvalue weighted by Crippen LogP contribution is 2.54. The molecule has 0 aliphatic carbocycles. The minimum atomic E-state index is -3.53. The maximum Gasteiger partial charge on any atom is 0.344 e. The quantitative estimate of drug-likeness (QED) is 0.461. The summed E-state index contributed by atoms with van der Waals surface area (Å²) in [5.41, 5.74) is -1.05. The van der Waals surface area contributed by atoms with Gasteiger partial charge >= 0.3 is 13.6 Å².